The van der Waals surface area contributed by atoms with Crippen LogP contribution >= 0.6 is 0 Å². The third kappa shape index (κ3) is 7.10. The molecule has 0 radical (unpaired) electrons. The second-order valence-corrected chi connectivity index (χ2v) is 6.10. The second kappa shape index (κ2) is 10.7. The summed E-state index contributed by atoms with van der Waals surface area (Å²) in [6.07, 6.45) is 0.989. The highest BCUT2D eigenvalue weighted by Gasteiger charge is 2.23. The normalized spacial score (nSPS) is 13.4. The lowest BCUT2D eigenvalue weighted by atomic mass is 10.1. The molecule has 3 atom stereocenters. The number of hydrogen-bond acceptors (Lipinski definition) is 5. The van der Waals surface area contributed by atoms with E-state index < -0.39 is 41.8 Å². The molecule has 0 aliphatic carbocycles. The average molecular weight is 391 g/mol. The fourth-order valence-electron chi connectivity index (χ4n) is 2.18. The van der Waals surface area contributed by atoms with Crippen molar-refractivity contribution in [3.63, 3.8) is 0 Å². The van der Waals surface area contributed by atoms with Gasteiger partial charge in [0, 0.05) is 5.56 Å². The van der Waals surface area contributed by atoms with Crippen LogP contribution < -0.4 is 20.7 Å². The summed E-state index contributed by atoms with van der Waals surface area (Å²) in [5, 5.41) is 16.3. The first-order valence-corrected chi connectivity index (χ1v) is 8.58. The molecular weight excluding hydrogens is 366 g/mol. The van der Waals surface area contributed by atoms with Gasteiger partial charge in [-0.05, 0) is 38.1 Å². The van der Waals surface area contributed by atoms with Crippen molar-refractivity contribution < 1.29 is 29.0 Å². The van der Waals surface area contributed by atoms with Gasteiger partial charge in [-0.3, -0.25) is 19.2 Å². The van der Waals surface area contributed by atoms with E-state index in [2.05, 4.69) is 22.5 Å². The zero-order valence-corrected chi connectivity index (χ0v) is 16.0. The van der Waals surface area contributed by atoms with Crippen LogP contribution in [0.2, 0.25) is 0 Å². The average Bonchev–Trinajstić information content (AvgIpc) is 2.66. The van der Waals surface area contributed by atoms with E-state index in [1.165, 1.54) is 27.0 Å². The maximum absolute atomic E-state index is 12.2. The van der Waals surface area contributed by atoms with Crippen molar-refractivity contribution >= 4 is 23.7 Å². The molecule has 0 saturated carbocycles. The molecule has 4 N–H and O–H groups in total. The minimum atomic E-state index is -1.09. The van der Waals surface area contributed by atoms with Crippen molar-refractivity contribution in [1.29, 1.82) is 0 Å². The van der Waals surface area contributed by atoms with E-state index in [0.29, 0.717) is 11.3 Å². The number of nitrogens with one attached hydrogen (secondary N) is 3. The number of aliphatic carboxylic acids is 1. The molecule has 152 valence electrons. The Labute approximate surface area is 163 Å². The van der Waals surface area contributed by atoms with Crippen LogP contribution in [0, 0.1) is 0 Å². The van der Waals surface area contributed by atoms with Gasteiger partial charge in [0.1, 0.15) is 17.8 Å². The number of carbonyl (C=O) groups excluding carboxylic acids is 3. The fourth-order valence-corrected chi connectivity index (χ4v) is 2.18. The lowest BCUT2D eigenvalue weighted by Gasteiger charge is -2.20. The molecule has 1 rings (SSSR count). The highest BCUT2D eigenvalue weighted by Crippen LogP contribution is 2.11. The summed E-state index contributed by atoms with van der Waals surface area (Å²) in [7, 11) is 1.51. The maximum Gasteiger partial charge on any atom is 0.305 e. The Hall–Kier alpha value is -3.36. The molecule has 0 fully saturated rings. The molecule has 0 spiro atoms. The van der Waals surface area contributed by atoms with Crippen LogP contribution in [0.5, 0.6) is 5.75 Å². The van der Waals surface area contributed by atoms with Crippen LogP contribution in [0.15, 0.2) is 36.9 Å². The molecule has 1 aromatic rings. The molecule has 28 heavy (non-hydrogen) atoms. The van der Waals surface area contributed by atoms with Crippen molar-refractivity contribution in [2.24, 2.45) is 0 Å². The molecule has 0 heterocycles. The Balaban J connectivity index is 2.57. The topological polar surface area (TPSA) is 134 Å². The van der Waals surface area contributed by atoms with Crippen LogP contribution in [-0.4, -0.2) is 54.0 Å². The Morgan fingerprint density at radius 2 is 1.57 bits per heavy atom. The van der Waals surface area contributed by atoms with E-state index in [4.69, 9.17) is 9.84 Å². The van der Waals surface area contributed by atoms with Crippen molar-refractivity contribution in [3.05, 3.63) is 42.5 Å². The number of carboxylic acid groups (broad SMARTS) is 1. The highest BCUT2D eigenvalue weighted by molar-refractivity contribution is 5.98. The maximum atomic E-state index is 12.2. The van der Waals surface area contributed by atoms with E-state index in [1.807, 2.05) is 0 Å². The predicted octanol–water partition coefficient (Wildman–Crippen LogP) is 0.464. The van der Waals surface area contributed by atoms with Crippen molar-refractivity contribution in [2.75, 3.05) is 7.11 Å². The summed E-state index contributed by atoms with van der Waals surface area (Å²) in [5.41, 5.74) is 0.355. The summed E-state index contributed by atoms with van der Waals surface area (Å²) in [6, 6.07) is 3.80. The van der Waals surface area contributed by atoms with Crippen LogP contribution in [0.1, 0.15) is 30.6 Å². The molecule has 9 heteroatoms. The van der Waals surface area contributed by atoms with E-state index in [0.717, 1.165) is 0 Å². The largest absolute Gasteiger partial charge is 0.497 e. The fraction of sp³-hybridized carbons (Fsp3) is 0.368. The minimum Gasteiger partial charge on any atom is -0.497 e. The van der Waals surface area contributed by atoms with Gasteiger partial charge < -0.3 is 25.8 Å². The van der Waals surface area contributed by atoms with Crippen LogP contribution in [0.3, 0.4) is 0 Å². The Kier molecular flexibility index (Phi) is 8.67. The van der Waals surface area contributed by atoms with Crippen LogP contribution in [0.4, 0.5) is 0 Å². The molecule has 0 saturated heterocycles. The number of rotatable bonds is 10. The smallest absolute Gasteiger partial charge is 0.305 e. The summed E-state index contributed by atoms with van der Waals surface area (Å²) in [4.78, 5) is 47.2. The molecule has 9 nitrogen and oxygen atoms in total. The SMILES string of the molecule is C=C[C@H](CC(=O)O)NC(=O)[C@H](C)NC(=O)[C@H](C)NC(=O)c1ccc(OC)cc1. The first-order valence-electron chi connectivity index (χ1n) is 8.58. The molecule has 0 unspecified atom stereocenters. The van der Waals surface area contributed by atoms with E-state index in [1.54, 1.807) is 24.3 Å². The highest BCUT2D eigenvalue weighted by atomic mass is 16.5. The van der Waals surface area contributed by atoms with Crippen molar-refractivity contribution in [3.8, 4) is 5.75 Å². The van der Waals surface area contributed by atoms with Gasteiger partial charge in [-0.2, -0.15) is 0 Å². The molecular formula is C19H25N3O6. The van der Waals surface area contributed by atoms with E-state index in [-0.39, 0.29) is 6.42 Å². The molecule has 1 aromatic carbocycles. The summed E-state index contributed by atoms with van der Waals surface area (Å²) < 4.78 is 5.02. The van der Waals surface area contributed by atoms with Crippen molar-refractivity contribution in [1.82, 2.24) is 16.0 Å². The molecule has 0 aliphatic heterocycles. The number of amides is 3. The second-order valence-electron chi connectivity index (χ2n) is 6.10. The number of methoxy groups -OCH3 is 1. The Bertz CT molecular complexity index is 732. The van der Waals surface area contributed by atoms with E-state index in [9.17, 15) is 19.2 Å². The third-order valence-corrected chi connectivity index (χ3v) is 3.85. The Morgan fingerprint density at radius 3 is 2.07 bits per heavy atom. The molecule has 0 aromatic heterocycles. The van der Waals surface area contributed by atoms with Crippen LogP contribution in [0.25, 0.3) is 0 Å². The number of ether oxygens (including phenoxy) is 1. The van der Waals surface area contributed by atoms with Crippen molar-refractivity contribution in [2.45, 2.75) is 38.4 Å². The molecule has 3 amide bonds. The predicted molar refractivity (Wildman–Crippen MR) is 102 cm³/mol. The van der Waals surface area contributed by atoms with Gasteiger partial charge in [0.05, 0.1) is 19.6 Å². The van der Waals surface area contributed by atoms with Gasteiger partial charge in [0.25, 0.3) is 5.91 Å². The lowest BCUT2D eigenvalue weighted by Crippen LogP contribution is -2.53. The number of carboxylic acids is 1. The first-order chi connectivity index (χ1) is 13.2. The quantitative estimate of drug-likeness (QED) is 0.428. The van der Waals surface area contributed by atoms with Gasteiger partial charge in [0.15, 0.2) is 0 Å². The zero-order chi connectivity index (χ0) is 21.3. The van der Waals surface area contributed by atoms with Gasteiger partial charge in [-0.25, -0.2) is 0 Å². The molecule has 0 bridgehead atoms. The van der Waals surface area contributed by atoms with Gasteiger partial charge >= 0.3 is 5.97 Å². The number of carbonyl (C=O) groups is 4. The van der Waals surface area contributed by atoms with Gasteiger partial charge in [0.2, 0.25) is 11.8 Å². The third-order valence-electron chi connectivity index (χ3n) is 3.85. The first kappa shape index (κ1) is 22.7. The monoisotopic (exact) mass is 391 g/mol. The Morgan fingerprint density at radius 1 is 1.04 bits per heavy atom. The minimum absolute atomic E-state index is 0.315. The lowest BCUT2D eigenvalue weighted by molar-refractivity contribution is -0.137. The summed E-state index contributed by atoms with van der Waals surface area (Å²) in [6.45, 7) is 6.40. The van der Waals surface area contributed by atoms with Gasteiger partial charge in [-0.1, -0.05) is 6.08 Å². The van der Waals surface area contributed by atoms with Gasteiger partial charge in [-0.15, -0.1) is 6.58 Å². The zero-order valence-electron chi connectivity index (χ0n) is 16.0. The summed E-state index contributed by atoms with van der Waals surface area (Å²) >= 11 is 0. The summed E-state index contributed by atoms with van der Waals surface area (Å²) in [5.74, 6) is -2.05. The number of benzene rings is 1. The van der Waals surface area contributed by atoms with E-state index >= 15 is 0 Å². The van der Waals surface area contributed by atoms with Crippen LogP contribution in [-0.2, 0) is 14.4 Å². The molecule has 0 aliphatic rings. The number of hydrogen-bond donors (Lipinski definition) is 4. The standard InChI is InChI=1S/C19H25N3O6/c1-5-14(10-16(23)24)22-18(26)12(3)20-17(25)11(2)21-19(27)13-6-8-15(28-4)9-7-13/h5-9,11-12,14H,1,10H2,2-4H3,(H,20,25)(H,21,27)(H,22,26)(H,23,24)/t11-,12-,14+/m0/s1.